The van der Waals surface area contributed by atoms with Gasteiger partial charge in [-0.05, 0) is 50.2 Å². The number of nitrogens with zero attached hydrogens (tertiary/aromatic N) is 3. The van der Waals surface area contributed by atoms with E-state index in [1.165, 1.54) is 0 Å². The number of allylic oxidation sites excluding steroid dienone is 1. The number of aliphatic hydroxyl groups is 1. The van der Waals surface area contributed by atoms with Crippen LogP contribution in [0, 0.1) is 0 Å². The summed E-state index contributed by atoms with van der Waals surface area (Å²) in [6.45, 7) is 6.79. The molecule has 0 bridgehead atoms. The molecule has 1 aliphatic heterocycles. The van der Waals surface area contributed by atoms with Crippen molar-refractivity contribution in [3.8, 4) is 0 Å². The van der Waals surface area contributed by atoms with Crippen LogP contribution in [0.15, 0.2) is 54.3 Å². The maximum Gasteiger partial charge on any atom is 0.229 e. The molecule has 2 aromatic carbocycles. The third-order valence-electron chi connectivity index (χ3n) is 5.46. The van der Waals surface area contributed by atoms with Gasteiger partial charge in [-0.15, -0.1) is 0 Å². The van der Waals surface area contributed by atoms with Gasteiger partial charge in [-0.3, -0.25) is 4.79 Å². The van der Waals surface area contributed by atoms with Crippen LogP contribution in [0.5, 0.6) is 0 Å². The zero-order valence-corrected chi connectivity index (χ0v) is 16.9. The van der Waals surface area contributed by atoms with E-state index in [2.05, 4.69) is 33.6 Å². The minimum atomic E-state index is -0.164. The number of fused-ring (bicyclic) bond motifs is 3. The highest BCUT2D eigenvalue weighted by atomic mass is 16.3. The first kappa shape index (κ1) is 19.1. The van der Waals surface area contributed by atoms with Gasteiger partial charge in [0, 0.05) is 43.0 Å². The fourth-order valence-corrected chi connectivity index (χ4v) is 3.92. The normalized spacial score (nSPS) is 13.4. The summed E-state index contributed by atoms with van der Waals surface area (Å²) in [5.41, 5.74) is 4.39. The second kappa shape index (κ2) is 7.99. The number of anilines is 2. The molecule has 0 unspecified atom stereocenters. The Balaban J connectivity index is 1.51. The van der Waals surface area contributed by atoms with Crippen molar-refractivity contribution in [1.29, 1.82) is 0 Å². The zero-order valence-electron chi connectivity index (χ0n) is 16.9. The van der Waals surface area contributed by atoms with Crippen LogP contribution in [0.4, 0.5) is 11.4 Å². The van der Waals surface area contributed by atoms with Crippen molar-refractivity contribution in [3.63, 3.8) is 0 Å². The summed E-state index contributed by atoms with van der Waals surface area (Å²) < 4.78 is 2.08. The van der Waals surface area contributed by atoms with E-state index in [-0.39, 0.29) is 18.1 Å². The number of aryl methyl sites for hydroxylation is 1. The van der Waals surface area contributed by atoms with Gasteiger partial charge in [0.1, 0.15) is 11.6 Å². The van der Waals surface area contributed by atoms with Gasteiger partial charge in [-0.25, -0.2) is 4.98 Å². The SMILES string of the molecule is CCN(CC)c1ccc(NC(=O)CC2=C(O)CCn3c2nc2ccccc23)cc1. The van der Waals surface area contributed by atoms with Crippen LogP contribution >= 0.6 is 0 Å². The molecule has 6 heteroatoms. The van der Waals surface area contributed by atoms with Crippen LogP contribution in [0.1, 0.15) is 32.5 Å². The van der Waals surface area contributed by atoms with Crippen LogP contribution in [0.2, 0.25) is 0 Å². The number of nitrogens with one attached hydrogen (secondary N) is 1. The third kappa shape index (κ3) is 3.70. The first-order chi connectivity index (χ1) is 14.1. The van der Waals surface area contributed by atoms with E-state index in [0.717, 1.165) is 35.5 Å². The van der Waals surface area contributed by atoms with Crippen molar-refractivity contribution in [2.24, 2.45) is 0 Å². The molecule has 2 N–H and O–H groups in total. The Labute approximate surface area is 170 Å². The lowest BCUT2D eigenvalue weighted by Gasteiger charge is -2.21. The molecule has 0 radical (unpaired) electrons. The zero-order chi connectivity index (χ0) is 20.4. The van der Waals surface area contributed by atoms with Gasteiger partial charge in [-0.2, -0.15) is 0 Å². The fourth-order valence-electron chi connectivity index (χ4n) is 3.92. The molecule has 0 saturated carbocycles. The maximum absolute atomic E-state index is 12.7. The Morgan fingerprint density at radius 3 is 2.59 bits per heavy atom. The van der Waals surface area contributed by atoms with E-state index >= 15 is 0 Å². The van der Waals surface area contributed by atoms with Gasteiger partial charge >= 0.3 is 0 Å². The third-order valence-corrected chi connectivity index (χ3v) is 5.46. The molecule has 2 heterocycles. The van der Waals surface area contributed by atoms with Gasteiger partial charge in [0.2, 0.25) is 5.91 Å². The number of hydrogen-bond acceptors (Lipinski definition) is 4. The van der Waals surface area contributed by atoms with E-state index in [9.17, 15) is 9.90 Å². The number of amides is 1. The quantitative estimate of drug-likeness (QED) is 0.646. The summed E-state index contributed by atoms with van der Waals surface area (Å²) in [7, 11) is 0. The molecule has 1 aliphatic rings. The molecule has 1 aromatic heterocycles. The number of benzene rings is 2. The number of aliphatic hydroxyl groups excluding tert-OH is 1. The first-order valence-electron chi connectivity index (χ1n) is 10.1. The van der Waals surface area contributed by atoms with Gasteiger partial charge in [0.05, 0.1) is 17.5 Å². The van der Waals surface area contributed by atoms with E-state index < -0.39 is 0 Å². The van der Waals surface area contributed by atoms with Crippen molar-refractivity contribution in [2.45, 2.75) is 33.2 Å². The minimum absolute atomic E-state index is 0.0902. The van der Waals surface area contributed by atoms with Crippen LogP contribution in [0.3, 0.4) is 0 Å². The summed E-state index contributed by atoms with van der Waals surface area (Å²) in [4.78, 5) is 19.6. The standard InChI is InChI=1S/C23H26N4O2/c1-3-26(4-2)17-11-9-16(10-12-17)24-22(29)15-18-21(28)13-14-27-20-8-6-5-7-19(20)25-23(18)27/h5-12,28H,3-4,13-15H2,1-2H3,(H,24,29). The Hall–Kier alpha value is -3.28. The van der Waals surface area contributed by atoms with E-state index in [4.69, 9.17) is 0 Å². The van der Waals surface area contributed by atoms with Crippen LogP contribution in [-0.4, -0.2) is 33.7 Å². The lowest BCUT2D eigenvalue weighted by Crippen LogP contribution is -2.21. The summed E-state index contributed by atoms with van der Waals surface area (Å²) in [6.07, 6.45) is 0.599. The largest absolute Gasteiger partial charge is 0.512 e. The number of hydrogen-bond donors (Lipinski definition) is 2. The maximum atomic E-state index is 12.7. The van der Waals surface area contributed by atoms with Crippen molar-refractivity contribution >= 4 is 33.9 Å². The van der Waals surface area contributed by atoms with Crippen molar-refractivity contribution in [2.75, 3.05) is 23.3 Å². The van der Waals surface area contributed by atoms with Crippen molar-refractivity contribution in [1.82, 2.24) is 9.55 Å². The second-order valence-electron chi connectivity index (χ2n) is 7.20. The Morgan fingerprint density at radius 2 is 1.86 bits per heavy atom. The predicted molar refractivity (Wildman–Crippen MR) is 117 cm³/mol. The lowest BCUT2D eigenvalue weighted by atomic mass is 10.0. The van der Waals surface area contributed by atoms with Crippen LogP contribution in [0.25, 0.3) is 16.6 Å². The van der Waals surface area contributed by atoms with Gasteiger partial charge < -0.3 is 19.9 Å². The topological polar surface area (TPSA) is 70.4 Å². The van der Waals surface area contributed by atoms with Crippen molar-refractivity contribution in [3.05, 3.63) is 60.1 Å². The molecule has 1 amide bonds. The molecule has 0 fully saturated rings. The Bertz CT molecular complexity index is 1060. The van der Waals surface area contributed by atoms with E-state index in [1.807, 2.05) is 48.5 Å². The average molecular weight is 390 g/mol. The van der Waals surface area contributed by atoms with E-state index in [1.54, 1.807) is 0 Å². The number of aromatic nitrogens is 2. The molecule has 4 rings (SSSR count). The number of carbonyl (C=O) groups is 1. The number of rotatable bonds is 6. The lowest BCUT2D eigenvalue weighted by molar-refractivity contribution is -0.115. The smallest absolute Gasteiger partial charge is 0.229 e. The molecule has 3 aromatic rings. The summed E-state index contributed by atoms with van der Waals surface area (Å²) in [5, 5.41) is 13.4. The number of carbonyl (C=O) groups excluding carboxylic acids is 1. The fraction of sp³-hybridized carbons (Fsp3) is 0.304. The molecule has 6 nitrogen and oxygen atoms in total. The Kier molecular flexibility index (Phi) is 5.25. The average Bonchev–Trinajstić information content (AvgIpc) is 3.11. The molecular formula is C23H26N4O2. The minimum Gasteiger partial charge on any atom is -0.512 e. The monoisotopic (exact) mass is 390 g/mol. The molecule has 0 saturated heterocycles. The van der Waals surface area contributed by atoms with Crippen LogP contribution < -0.4 is 10.2 Å². The molecule has 0 aliphatic carbocycles. The highest BCUT2D eigenvalue weighted by Gasteiger charge is 2.24. The molecule has 150 valence electrons. The summed E-state index contributed by atoms with van der Waals surface area (Å²) in [5.74, 6) is 0.768. The predicted octanol–water partition coefficient (Wildman–Crippen LogP) is 4.58. The highest BCUT2D eigenvalue weighted by molar-refractivity contribution is 5.98. The molecule has 29 heavy (non-hydrogen) atoms. The molecule has 0 atom stereocenters. The van der Waals surface area contributed by atoms with Crippen LogP contribution in [-0.2, 0) is 11.3 Å². The van der Waals surface area contributed by atoms with E-state index in [0.29, 0.717) is 24.4 Å². The van der Waals surface area contributed by atoms with Gasteiger partial charge in [-0.1, -0.05) is 12.1 Å². The Morgan fingerprint density at radius 1 is 1.14 bits per heavy atom. The molecule has 0 spiro atoms. The van der Waals surface area contributed by atoms with Crippen molar-refractivity contribution < 1.29 is 9.90 Å². The summed E-state index contributed by atoms with van der Waals surface area (Å²) >= 11 is 0. The first-order valence-corrected chi connectivity index (χ1v) is 10.1. The van der Waals surface area contributed by atoms with Gasteiger partial charge in [0.15, 0.2) is 0 Å². The highest BCUT2D eigenvalue weighted by Crippen LogP contribution is 2.31. The molecular weight excluding hydrogens is 364 g/mol. The summed E-state index contributed by atoms with van der Waals surface area (Å²) in [6, 6.07) is 15.7. The number of imidazole rings is 1. The van der Waals surface area contributed by atoms with Gasteiger partial charge in [0.25, 0.3) is 0 Å². The second-order valence-corrected chi connectivity index (χ2v) is 7.20. The number of para-hydroxylation sites is 2.